The Morgan fingerprint density at radius 1 is 1.32 bits per heavy atom. The molecule has 10 nitrogen and oxygen atoms in total. The van der Waals surface area contributed by atoms with Crippen LogP contribution < -0.4 is 20.7 Å². The zero-order valence-corrected chi connectivity index (χ0v) is 18.4. The maximum absolute atomic E-state index is 14.5. The predicted octanol–water partition coefficient (Wildman–Crippen LogP) is 2.60. The van der Waals surface area contributed by atoms with Crippen LogP contribution in [0.3, 0.4) is 0 Å². The molecule has 0 saturated carbocycles. The van der Waals surface area contributed by atoms with Gasteiger partial charge in [0.25, 0.3) is 0 Å². The van der Waals surface area contributed by atoms with Crippen LogP contribution in [0.2, 0.25) is 0 Å². The summed E-state index contributed by atoms with van der Waals surface area (Å²) in [6, 6.07) is 5.23. The molecule has 174 valence electrons. The Morgan fingerprint density at radius 3 is 2.97 bits per heavy atom. The third-order valence-electron chi connectivity index (χ3n) is 4.92. The van der Waals surface area contributed by atoms with Crippen molar-refractivity contribution in [1.82, 2.24) is 15.3 Å². The fourth-order valence-electron chi connectivity index (χ4n) is 3.31. The van der Waals surface area contributed by atoms with Gasteiger partial charge in [-0.2, -0.15) is 4.98 Å². The maximum Gasteiger partial charge on any atom is 0.244 e. The summed E-state index contributed by atoms with van der Waals surface area (Å²) in [5.74, 6) is -0.967. The number of fused-ring (bicyclic) bond motifs is 1. The number of aromatic nitrogens is 2. The third-order valence-corrected chi connectivity index (χ3v) is 4.92. The average Bonchev–Trinajstić information content (AvgIpc) is 2.84. The van der Waals surface area contributed by atoms with Crippen molar-refractivity contribution in [1.29, 1.82) is 0 Å². The molecule has 2 aliphatic rings. The highest BCUT2D eigenvalue weighted by Gasteiger charge is 2.20. The molecule has 0 radical (unpaired) electrons. The molecule has 1 aliphatic heterocycles. The highest BCUT2D eigenvalue weighted by atomic mass is 19.1. The van der Waals surface area contributed by atoms with Gasteiger partial charge in [0, 0.05) is 36.4 Å². The molecule has 0 spiro atoms. The molecule has 3 N–H and O–H groups in total. The number of benzene rings is 1. The molecule has 0 atom stereocenters. The topological polar surface area (TPSA) is 127 Å². The normalized spacial score (nSPS) is 17.0. The number of ketones is 1. The molecule has 2 aromatic rings. The summed E-state index contributed by atoms with van der Waals surface area (Å²) in [4.78, 5) is 37.2. The molecular formula is C23H21FN6O4. The summed E-state index contributed by atoms with van der Waals surface area (Å²) >= 11 is 0. The van der Waals surface area contributed by atoms with Crippen molar-refractivity contribution < 1.29 is 23.6 Å². The smallest absolute Gasteiger partial charge is 0.244 e. The molecular weight excluding hydrogens is 443 g/mol. The molecule has 2 heterocycles. The van der Waals surface area contributed by atoms with Gasteiger partial charge in [-0.1, -0.05) is 17.3 Å². The summed E-state index contributed by atoms with van der Waals surface area (Å²) in [6.45, 7) is 0.487. The fraction of sp³-hybridized carbons (Fsp3) is 0.174. The second-order valence-corrected chi connectivity index (χ2v) is 7.15. The van der Waals surface area contributed by atoms with Crippen LogP contribution in [0, 0.1) is 5.82 Å². The predicted molar refractivity (Wildman–Crippen MR) is 123 cm³/mol. The standard InChI is InChI=1S/C23H21FN6O4/c1-25-20(31)10-13-4-3-5-18(21(13)32)28-23-26-12-16(24)22(29-23)27-14-6-7-19-15(11-14)17(30-33-2)8-9-34-19/h3-7,10-12H,8-9H2,1-2H3,(H,25,31)(H2,26,27,28,29). The van der Waals surface area contributed by atoms with Gasteiger partial charge in [0.1, 0.15) is 12.9 Å². The molecule has 0 saturated heterocycles. The Labute approximate surface area is 194 Å². The van der Waals surface area contributed by atoms with E-state index in [2.05, 4.69) is 31.1 Å². The van der Waals surface area contributed by atoms with Crippen molar-refractivity contribution >= 4 is 34.9 Å². The number of amides is 1. The lowest BCUT2D eigenvalue weighted by molar-refractivity contribution is -0.117. The molecule has 1 amide bonds. The number of anilines is 3. The highest BCUT2D eigenvalue weighted by molar-refractivity contribution is 6.15. The minimum Gasteiger partial charge on any atom is -0.492 e. The first kappa shape index (κ1) is 22.6. The number of allylic oxidation sites excluding steroid dienone is 4. The van der Waals surface area contributed by atoms with Crippen molar-refractivity contribution in [3.63, 3.8) is 0 Å². The van der Waals surface area contributed by atoms with Crippen LogP contribution in [-0.2, 0) is 14.4 Å². The Bertz CT molecular complexity index is 1270. The summed E-state index contributed by atoms with van der Waals surface area (Å²) in [5, 5.41) is 12.2. The van der Waals surface area contributed by atoms with Gasteiger partial charge in [-0.15, -0.1) is 0 Å². The number of likely N-dealkylation sites (N-methyl/N-ethyl adjacent to an activating group) is 1. The van der Waals surface area contributed by atoms with E-state index in [0.717, 1.165) is 11.8 Å². The second kappa shape index (κ2) is 9.94. The highest BCUT2D eigenvalue weighted by Crippen LogP contribution is 2.30. The molecule has 0 fully saturated rings. The molecule has 11 heteroatoms. The largest absolute Gasteiger partial charge is 0.492 e. The monoisotopic (exact) mass is 464 g/mol. The zero-order valence-electron chi connectivity index (χ0n) is 18.4. The van der Waals surface area contributed by atoms with E-state index >= 15 is 0 Å². The van der Waals surface area contributed by atoms with E-state index in [0.29, 0.717) is 30.2 Å². The van der Waals surface area contributed by atoms with Crippen LogP contribution in [0.15, 0.2) is 65.1 Å². The van der Waals surface area contributed by atoms with Crippen LogP contribution in [0.5, 0.6) is 5.75 Å². The minimum absolute atomic E-state index is 0.000945. The Balaban J connectivity index is 1.55. The number of nitrogens with zero attached hydrogens (tertiary/aromatic N) is 3. The molecule has 4 rings (SSSR count). The number of carbonyl (C=O) groups excluding carboxylic acids is 2. The lowest BCUT2D eigenvalue weighted by atomic mass is 10.0. The van der Waals surface area contributed by atoms with E-state index in [9.17, 15) is 14.0 Å². The summed E-state index contributed by atoms with van der Waals surface area (Å²) in [7, 11) is 2.93. The van der Waals surface area contributed by atoms with Gasteiger partial charge < -0.3 is 25.5 Å². The van der Waals surface area contributed by atoms with Gasteiger partial charge in [0.05, 0.1) is 24.2 Å². The van der Waals surface area contributed by atoms with E-state index in [1.165, 1.54) is 32.4 Å². The summed E-state index contributed by atoms with van der Waals surface area (Å²) in [6.07, 6.45) is 7.39. The SMILES string of the molecule is CNC(=O)C=C1C=CC=C(Nc2ncc(F)c(Nc3ccc4c(c3)C(=NOC)CCO4)n2)C1=O. The molecule has 1 aromatic carbocycles. The third kappa shape index (κ3) is 4.93. The van der Waals surface area contributed by atoms with E-state index in [1.807, 2.05) is 0 Å². The van der Waals surface area contributed by atoms with E-state index in [4.69, 9.17) is 9.57 Å². The number of hydrogen-bond donors (Lipinski definition) is 3. The van der Waals surface area contributed by atoms with Crippen LogP contribution in [-0.4, -0.2) is 48.1 Å². The number of halogens is 1. The number of ether oxygens (including phenoxy) is 1. The number of nitrogens with one attached hydrogen (secondary N) is 3. The van der Waals surface area contributed by atoms with Gasteiger partial charge in [0.15, 0.2) is 11.6 Å². The van der Waals surface area contributed by atoms with E-state index < -0.39 is 17.5 Å². The molecule has 1 aliphatic carbocycles. The molecule has 0 bridgehead atoms. The minimum atomic E-state index is -0.686. The van der Waals surface area contributed by atoms with Crippen LogP contribution in [0.1, 0.15) is 12.0 Å². The molecule has 1 aromatic heterocycles. The molecule has 34 heavy (non-hydrogen) atoms. The van der Waals surface area contributed by atoms with Crippen molar-refractivity contribution in [2.24, 2.45) is 5.16 Å². The lowest BCUT2D eigenvalue weighted by Crippen LogP contribution is -2.20. The van der Waals surface area contributed by atoms with Crippen molar-refractivity contribution in [2.75, 3.05) is 31.4 Å². The zero-order chi connectivity index (χ0) is 24.1. The first-order valence-electron chi connectivity index (χ1n) is 10.3. The van der Waals surface area contributed by atoms with Gasteiger partial charge in [0.2, 0.25) is 17.6 Å². The Kier molecular flexibility index (Phi) is 6.62. The van der Waals surface area contributed by atoms with Gasteiger partial charge in [-0.05, 0) is 24.3 Å². The average molecular weight is 464 g/mol. The second-order valence-electron chi connectivity index (χ2n) is 7.15. The first-order valence-corrected chi connectivity index (χ1v) is 10.3. The number of oxime groups is 1. The van der Waals surface area contributed by atoms with E-state index in [1.54, 1.807) is 24.3 Å². The number of hydrogen-bond acceptors (Lipinski definition) is 9. The van der Waals surface area contributed by atoms with Crippen molar-refractivity contribution in [2.45, 2.75) is 6.42 Å². The summed E-state index contributed by atoms with van der Waals surface area (Å²) in [5.41, 5.74) is 2.32. The van der Waals surface area contributed by atoms with Crippen LogP contribution in [0.4, 0.5) is 21.8 Å². The number of carbonyl (C=O) groups is 2. The number of Topliss-reactive ketones (excluding diaryl/α,β-unsaturated/α-hetero) is 1. The fourth-order valence-corrected chi connectivity index (χ4v) is 3.31. The lowest BCUT2D eigenvalue weighted by Gasteiger charge is -2.19. The van der Waals surface area contributed by atoms with Gasteiger partial charge in [-0.3, -0.25) is 9.59 Å². The van der Waals surface area contributed by atoms with E-state index in [-0.39, 0.29) is 23.0 Å². The van der Waals surface area contributed by atoms with Crippen molar-refractivity contribution in [3.8, 4) is 5.75 Å². The first-order chi connectivity index (χ1) is 16.5. The molecule has 0 unspecified atom stereocenters. The van der Waals surface area contributed by atoms with Crippen LogP contribution >= 0.6 is 0 Å². The van der Waals surface area contributed by atoms with Gasteiger partial charge in [-0.25, -0.2) is 9.37 Å². The van der Waals surface area contributed by atoms with Crippen LogP contribution in [0.25, 0.3) is 0 Å². The van der Waals surface area contributed by atoms with Gasteiger partial charge >= 0.3 is 0 Å². The van der Waals surface area contributed by atoms with Crippen molar-refractivity contribution in [3.05, 3.63) is 71.4 Å². The Morgan fingerprint density at radius 2 is 2.18 bits per heavy atom. The summed E-state index contributed by atoms with van der Waals surface area (Å²) < 4.78 is 20.1. The maximum atomic E-state index is 14.5. The quantitative estimate of drug-likeness (QED) is 0.440. The number of rotatable bonds is 6. The Hall–Kier alpha value is -4.54.